The SMILES string of the molecule is OB(O)c1cc(-c2cc(C(F)(F)F)ccc2F)nc2ncccc12. The Balaban J connectivity index is 2.27. The fourth-order valence-electron chi connectivity index (χ4n) is 2.33. The molecule has 0 saturated heterocycles. The molecule has 1 aromatic carbocycles. The summed E-state index contributed by atoms with van der Waals surface area (Å²) in [5, 5.41) is 19.3. The van der Waals surface area contributed by atoms with Crippen LogP contribution in [0.2, 0.25) is 0 Å². The van der Waals surface area contributed by atoms with Gasteiger partial charge < -0.3 is 10.0 Å². The number of hydrogen-bond acceptors (Lipinski definition) is 4. The number of aromatic nitrogens is 2. The van der Waals surface area contributed by atoms with Crippen LogP contribution in [0.3, 0.4) is 0 Å². The van der Waals surface area contributed by atoms with Crippen molar-refractivity contribution in [2.45, 2.75) is 6.18 Å². The predicted octanol–water partition coefficient (Wildman–Crippen LogP) is 2.13. The molecule has 2 N–H and O–H groups in total. The van der Waals surface area contributed by atoms with Gasteiger partial charge in [-0.1, -0.05) is 6.07 Å². The molecule has 122 valence electrons. The van der Waals surface area contributed by atoms with Crippen molar-refractivity contribution in [1.82, 2.24) is 9.97 Å². The van der Waals surface area contributed by atoms with Gasteiger partial charge in [-0.25, -0.2) is 14.4 Å². The van der Waals surface area contributed by atoms with Gasteiger partial charge in [0.1, 0.15) is 5.82 Å². The summed E-state index contributed by atoms with van der Waals surface area (Å²) in [7, 11) is -1.91. The monoisotopic (exact) mass is 336 g/mol. The van der Waals surface area contributed by atoms with E-state index < -0.39 is 30.2 Å². The molecule has 2 heterocycles. The second-order valence-electron chi connectivity index (χ2n) is 5.04. The Morgan fingerprint density at radius 1 is 1.04 bits per heavy atom. The van der Waals surface area contributed by atoms with Gasteiger partial charge in [-0.15, -0.1) is 0 Å². The van der Waals surface area contributed by atoms with Crippen molar-refractivity contribution >= 4 is 23.6 Å². The van der Waals surface area contributed by atoms with Crippen molar-refractivity contribution in [2.24, 2.45) is 0 Å². The van der Waals surface area contributed by atoms with Gasteiger partial charge in [-0.2, -0.15) is 13.2 Å². The molecule has 0 aliphatic carbocycles. The first-order valence-electron chi connectivity index (χ1n) is 6.76. The second kappa shape index (κ2) is 5.84. The molecule has 0 fully saturated rings. The Hall–Kier alpha value is -2.52. The highest BCUT2D eigenvalue weighted by Crippen LogP contribution is 2.33. The summed E-state index contributed by atoms with van der Waals surface area (Å²) in [6, 6.07) is 6.14. The maximum Gasteiger partial charge on any atom is 0.489 e. The molecule has 2 aromatic heterocycles. The quantitative estimate of drug-likeness (QED) is 0.556. The lowest BCUT2D eigenvalue weighted by Gasteiger charge is -2.12. The van der Waals surface area contributed by atoms with E-state index >= 15 is 0 Å². The molecule has 0 aliphatic rings. The van der Waals surface area contributed by atoms with E-state index in [0.717, 1.165) is 6.07 Å². The Labute approximate surface area is 133 Å². The minimum Gasteiger partial charge on any atom is -0.423 e. The molecule has 0 atom stereocenters. The van der Waals surface area contributed by atoms with Gasteiger partial charge in [0, 0.05) is 17.1 Å². The first-order valence-corrected chi connectivity index (χ1v) is 6.76. The van der Waals surface area contributed by atoms with Crippen molar-refractivity contribution in [1.29, 1.82) is 0 Å². The summed E-state index contributed by atoms with van der Waals surface area (Å²) in [4.78, 5) is 7.97. The second-order valence-corrected chi connectivity index (χ2v) is 5.04. The van der Waals surface area contributed by atoms with Crippen LogP contribution in [0.15, 0.2) is 42.6 Å². The lowest BCUT2D eigenvalue weighted by Crippen LogP contribution is -2.31. The van der Waals surface area contributed by atoms with Gasteiger partial charge in [0.2, 0.25) is 0 Å². The molecular weight excluding hydrogens is 327 g/mol. The third-order valence-electron chi connectivity index (χ3n) is 3.46. The zero-order chi connectivity index (χ0) is 17.5. The summed E-state index contributed by atoms with van der Waals surface area (Å²) in [6.45, 7) is 0. The highest BCUT2D eigenvalue weighted by Gasteiger charge is 2.31. The summed E-state index contributed by atoms with van der Waals surface area (Å²) in [5.74, 6) is -0.913. The molecular formula is C15H9BF4N2O2. The lowest BCUT2D eigenvalue weighted by atomic mass is 9.78. The zero-order valence-electron chi connectivity index (χ0n) is 11.9. The Kier molecular flexibility index (Phi) is 3.98. The molecule has 0 saturated carbocycles. The van der Waals surface area contributed by atoms with E-state index in [0.29, 0.717) is 23.6 Å². The van der Waals surface area contributed by atoms with E-state index in [4.69, 9.17) is 0 Å². The first-order chi connectivity index (χ1) is 11.3. The number of fused-ring (bicyclic) bond motifs is 1. The number of rotatable bonds is 2. The molecule has 0 radical (unpaired) electrons. The minimum atomic E-state index is -4.64. The van der Waals surface area contributed by atoms with Crippen molar-refractivity contribution < 1.29 is 27.6 Å². The van der Waals surface area contributed by atoms with Crippen LogP contribution in [0, 0.1) is 5.82 Å². The zero-order valence-corrected chi connectivity index (χ0v) is 11.9. The smallest absolute Gasteiger partial charge is 0.423 e. The summed E-state index contributed by atoms with van der Waals surface area (Å²) in [5.41, 5.74) is -1.57. The van der Waals surface area contributed by atoms with E-state index in [1.54, 1.807) is 6.07 Å². The number of alkyl halides is 3. The lowest BCUT2D eigenvalue weighted by molar-refractivity contribution is -0.137. The van der Waals surface area contributed by atoms with Gasteiger partial charge in [-0.3, -0.25) is 0 Å². The van der Waals surface area contributed by atoms with Gasteiger partial charge in [0.05, 0.1) is 11.3 Å². The third-order valence-corrected chi connectivity index (χ3v) is 3.46. The molecule has 0 bridgehead atoms. The molecule has 24 heavy (non-hydrogen) atoms. The number of halogens is 4. The van der Waals surface area contributed by atoms with Crippen molar-refractivity contribution in [3.8, 4) is 11.3 Å². The molecule has 9 heteroatoms. The fourth-order valence-corrected chi connectivity index (χ4v) is 2.33. The summed E-state index contributed by atoms with van der Waals surface area (Å²) >= 11 is 0. The molecule has 4 nitrogen and oxygen atoms in total. The van der Waals surface area contributed by atoms with Crippen molar-refractivity contribution in [3.05, 3.63) is 54.0 Å². The van der Waals surface area contributed by atoms with Crippen LogP contribution in [0.1, 0.15) is 5.56 Å². The maximum absolute atomic E-state index is 14.0. The standard InChI is InChI=1S/C15H9BF4N2O2/c17-12-4-3-8(15(18,19)20)6-10(12)13-7-11(16(23)24)9-2-1-5-21-14(9)22-13/h1-7,23-24H. The largest absolute Gasteiger partial charge is 0.489 e. The Morgan fingerprint density at radius 2 is 1.79 bits per heavy atom. The fraction of sp³-hybridized carbons (Fsp3) is 0.0667. The van der Waals surface area contributed by atoms with Crippen LogP contribution >= 0.6 is 0 Å². The van der Waals surface area contributed by atoms with Crippen LogP contribution in [-0.4, -0.2) is 27.1 Å². The van der Waals surface area contributed by atoms with Crippen molar-refractivity contribution in [2.75, 3.05) is 0 Å². The topological polar surface area (TPSA) is 66.2 Å². The predicted molar refractivity (Wildman–Crippen MR) is 79.8 cm³/mol. The highest BCUT2D eigenvalue weighted by atomic mass is 19.4. The van der Waals surface area contributed by atoms with E-state index in [-0.39, 0.29) is 16.8 Å². The van der Waals surface area contributed by atoms with Crippen LogP contribution in [0.25, 0.3) is 22.3 Å². The molecule has 0 aliphatic heterocycles. The van der Waals surface area contributed by atoms with Crippen LogP contribution in [0.4, 0.5) is 17.6 Å². The normalized spacial score (nSPS) is 11.8. The van der Waals surface area contributed by atoms with E-state index in [1.807, 2.05) is 0 Å². The molecule has 0 spiro atoms. The van der Waals surface area contributed by atoms with Crippen LogP contribution in [-0.2, 0) is 6.18 Å². The number of hydrogen-bond donors (Lipinski definition) is 2. The van der Waals surface area contributed by atoms with Gasteiger partial charge in [0.15, 0.2) is 5.65 Å². The number of pyridine rings is 2. The van der Waals surface area contributed by atoms with Gasteiger partial charge >= 0.3 is 13.3 Å². The third kappa shape index (κ3) is 2.95. The molecule has 3 aromatic rings. The minimum absolute atomic E-state index is 0.0279. The van der Waals surface area contributed by atoms with E-state index in [2.05, 4.69) is 9.97 Å². The molecule has 0 amide bonds. The first kappa shape index (κ1) is 16.3. The molecule has 0 unspecified atom stereocenters. The van der Waals surface area contributed by atoms with Gasteiger partial charge in [-0.05, 0) is 35.8 Å². The number of nitrogens with zero attached hydrogens (tertiary/aromatic N) is 2. The van der Waals surface area contributed by atoms with E-state index in [9.17, 15) is 27.6 Å². The molecule has 3 rings (SSSR count). The summed E-state index contributed by atoms with van der Waals surface area (Å²) < 4.78 is 52.5. The number of benzene rings is 1. The van der Waals surface area contributed by atoms with Crippen LogP contribution in [0.5, 0.6) is 0 Å². The van der Waals surface area contributed by atoms with Crippen molar-refractivity contribution in [3.63, 3.8) is 0 Å². The van der Waals surface area contributed by atoms with Gasteiger partial charge in [0.25, 0.3) is 0 Å². The summed E-state index contributed by atoms with van der Waals surface area (Å²) in [6.07, 6.45) is -3.26. The Morgan fingerprint density at radius 3 is 2.46 bits per heavy atom. The average Bonchev–Trinajstić information content (AvgIpc) is 2.53. The average molecular weight is 336 g/mol. The van der Waals surface area contributed by atoms with E-state index in [1.165, 1.54) is 12.3 Å². The maximum atomic E-state index is 14.0. The van der Waals surface area contributed by atoms with Crippen LogP contribution < -0.4 is 5.46 Å². The Bertz CT molecular complexity index is 916. The highest BCUT2D eigenvalue weighted by molar-refractivity contribution is 6.62.